The standard InChI is InChI=1S/C14H22N2OS/c1-10-13(8-11-2-5-15-9-11)18-14(16-10)12-3-6-17-7-4-12/h11-12,15H,2-9H2,1H3. The van der Waals surface area contributed by atoms with Gasteiger partial charge in [-0.25, -0.2) is 4.98 Å². The number of ether oxygens (including phenoxy) is 1. The number of nitrogens with zero attached hydrogens (tertiary/aromatic N) is 1. The number of aryl methyl sites for hydroxylation is 1. The molecule has 100 valence electrons. The minimum absolute atomic E-state index is 0.651. The van der Waals surface area contributed by atoms with E-state index >= 15 is 0 Å². The Morgan fingerprint density at radius 3 is 2.89 bits per heavy atom. The van der Waals surface area contributed by atoms with E-state index in [1.54, 1.807) is 0 Å². The molecule has 2 saturated heterocycles. The Labute approximate surface area is 113 Å². The van der Waals surface area contributed by atoms with Crippen LogP contribution < -0.4 is 5.32 Å². The highest BCUT2D eigenvalue weighted by molar-refractivity contribution is 7.11. The largest absolute Gasteiger partial charge is 0.381 e. The van der Waals surface area contributed by atoms with Crippen molar-refractivity contribution in [3.05, 3.63) is 15.6 Å². The Morgan fingerprint density at radius 1 is 1.33 bits per heavy atom. The summed E-state index contributed by atoms with van der Waals surface area (Å²) in [5.74, 6) is 1.48. The molecule has 2 aliphatic heterocycles. The van der Waals surface area contributed by atoms with Crippen LogP contribution in [-0.2, 0) is 11.2 Å². The van der Waals surface area contributed by atoms with Crippen LogP contribution in [0.1, 0.15) is 40.8 Å². The van der Waals surface area contributed by atoms with Crippen LogP contribution in [0.25, 0.3) is 0 Å². The van der Waals surface area contributed by atoms with E-state index in [0.717, 1.165) is 32.0 Å². The van der Waals surface area contributed by atoms with Gasteiger partial charge in [-0.05, 0) is 51.6 Å². The molecular weight excluding hydrogens is 244 g/mol. The Morgan fingerprint density at radius 2 is 2.17 bits per heavy atom. The molecule has 0 spiro atoms. The van der Waals surface area contributed by atoms with E-state index in [0.29, 0.717) is 5.92 Å². The molecule has 4 heteroatoms. The molecule has 1 aromatic rings. The van der Waals surface area contributed by atoms with Crippen molar-refractivity contribution in [3.63, 3.8) is 0 Å². The Balaban J connectivity index is 1.68. The van der Waals surface area contributed by atoms with Gasteiger partial charge < -0.3 is 10.1 Å². The van der Waals surface area contributed by atoms with Crippen molar-refractivity contribution in [2.45, 2.75) is 38.5 Å². The lowest BCUT2D eigenvalue weighted by Gasteiger charge is -2.19. The lowest BCUT2D eigenvalue weighted by atomic mass is 10.0. The van der Waals surface area contributed by atoms with Crippen LogP contribution in [-0.4, -0.2) is 31.3 Å². The molecule has 3 heterocycles. The van der Waals surface area contributed by atoms with Gasteiger partial charge in [-0.2, -0.15) is 0 Å². The topological polar surface area (TPSA) is 34.1 Å². The van der Waals surface area contributed by atoms with Gasteiger partial charge in [-0.3, -0.25) is 0 Å². The first-order chi connectivity index (χ1) is 8.83. The smallest absolute Gasteiger partial charge is 0.0963 e. The van der Waals surface area contributed by atoms with Crippen molar-refractivity contribution in [2.75, 3.05) is 26.3 Å². The second-order valence-corrected chi connectivity index (χ2v) is 6.63. The van der Waals surface area contributed by atoms with Crippen LogP contribution in [0, 0.1) is 12.8 Å². The Bertz CT molecular complexity index is 392. The summed E-state index contributed by atoms with van der Waals surface area (Å²) in [6.45, 7) is 6.37. The summed E-state index contributed by atoms with van der Waals surface area (Å²) in [7, 11) is 0. The molecule has 1 unspecified atom stereocenters. The van der Waals surface area contributed by atoms with Crippen molar-refractivity contribution < 1.29 is 4.74 Å². The summed E-state index contributed by atoms with van der Waals surface area (Å²) >= 11 is 1.96. The quantitative estimate of drug-likeness (QED) is 0.912. The van der Waals surface area contributed by atoms with Crippen LogP contribution in [0.3, 0.4) is 0 Å². The van der Waals surface area contributed by atoms with Gasteiger partial charge in [-0.15, -0.1) is 11.3 Å². The molecule has 3 nitrogen and oxygen atoms in total. The SMILES string of the molecule is Cc1nc(C2CCOCC2)sc1CC1CCNC1. The van der Waals surface area contributed by atoms with Crippen LogP contribution in [0.5, 0.6) is 0 Å². The van der Waals surface area contributed by atoms with Gasteiger partial charge >= 0.3 is 0 Å². The molecule has 0 aliphatic carbocycles. The first-order valence-electron chi connectivity index (χ1n) is 7.07. The van der Waals surface area contributed by atoms with E-state index in [-0.39, 0.29) is 0 Å². The number of hydrogen-bond acceptors (Lipinski definition) is 4. The van der Waals surface area contributed by atoms with E-state index in [9.17, 15) is 0 Å². The molecule has 0 saturated carbocycles. The second kappa shape index (κ2) is 5.68. The summed E-state index contributed by atoms with van der Waals surface area (Å²) in [6, 6.07) is 0. The Kier molecular flexibility index (Phi) is 3.97. The molecule has 3 rings (SSSR count). The summed E-state index contributed by atoms with van der Waals surface area (Å²) in [5.41, 5.74) is 1.27. The fourth-order valence-corrected chi connectivity index (χ4v) is 4.26. The maximum absolute atomic E-state index is 5.43. The summed E-state index contributed by atoms with van der Waals surface area (Å²) in [5, 5.41) is 4.81. The molecule has 2 fully saturated rings. The van der Waals surface area contributed by atoms with Gasteiger partial charge in [0.15, 0.2) is 0 Å². The maximum atomic E-state index is 5.43. The highest BCUT2D eigenvalue weighted by atomic mass is 32.1. The van der Waals surface area contributed by atoms with Gasteiger partial charge in [0.1, 0.15) is 0 Å². The average molecular weight is 266 g/mol. The molecular formula is C14H22N2OS. The lowest BCUT2D eigenvalue weighted by molar-refractivity contribution is 0.0852. The van der Waals surface area contributed by atoms with Crippen molar-refractivity contribution in [1.29, 1.82) is 0 Å². The monoisotopic (exact) mass is 266 g/mol. The molecule has 0 amide bonds. The van der Waals surface area contributed by atoms with Crippen molar-refractivity contribution in [1.82, 2.24) is 10.3 Å². The molecule has 0 bridgehead atoms. The second-order valence-electron chi connectivity index (χ2n) is 5.51. The van der Waals surface area contributed by atoms with Crippen molar-refractivity contribution >= 4 is 11.3 Å². The summed E-state index contributed by atoms with van der Waals surface area (Å²) in [6.07, 6.45) is 4.85. The van der Waals surface area contributed by atoms with E-state index in [1.165, 1.54) is 41.5 Å². The van der Waals surface area contributed by atoms with E-state index in [4.69, 9.17) is 9.72 Å². The lowest BCUT2D eigenvalue weighted by Crippen LogP contribution is -2.13. The van der Waals surface area contributed by atoms with Gasteiger partial charge in [0, 0.05) is 24.0 Å². The number of aromatic nitrogens is 1. The van der Waals surface area contributed by atoms with Crippen LogP contribution in [0.4, 0.5) is 0 Å². The van der Waals surface area contributed by atoms with Crippen LogP contribution in [0.2, 0.25) is 0 Å². The molecule has 1 atom stereocenters. The molecule has 1 N–H and O–H groups in total. The first-order valence-corrected chi connectivity index (χ1v) is 7.89. The summed E-state index contributed by atoms with van der Waals surface area (Å²) < 4.78 is 5.43. The molecule has 0 aromatic carbocycles. The third kappa shape index (κ3) is 2.76. The minimum Gasteiger partial charge on any atom is -0.381 e. The van der Waals surface area contributed by atoms with E-state index < -0.39 is 0 Å². The molecule has 18 heavy (non-hydrogen) atoms. The Hall–Kier alpha value is -0.450. The van der Waals surface area contributed by atoms with E-state index in [1.807, 2.05) is 11.3 Å². The van der Waals surface area contributed by atoms with Gasteiger partial charge in [0.2, 0.25) is 0 Å². The van der Waals surface area contributed by atoms with Gasteiger partial charge in [-0.1, -0.05) is 0 Å². The highest BCUT2D eigenvalue weighted by Crippen LogP contribution is 2.33. The van der Waals surface area contributed by atoms with Crippen LogP contribution in [0.15, 0.2) is 0 Å². The van der Waals surface area contributed by atoms with Crippen molar-refractivity contribution in [3.8, 4) is 0 Å². The zero-order valence-electron chi connectivity index (χ0n) is 11.1. The third-order valence-electron chi connectivity index (χ3n) is 4.12. The number of nitrogens with one attached hydrogen (secondary N) is 1. The molecule has 2 aliphatic rings. The number of thiazole rings is 1. The van der Waals surface area contributed by atoms with Crippen molar-refractivity contribution in [2.24, 2.45) is 5.92 Å². The first kappa shape index (κ1) is 12.6. The zero-order chi connectivity index (χ0) is 12.4. The normalized spacial score (nSPS) is 25.7. The zero-order valence-corrected chi connectivity index (χ0v) is 11.9. The average Bonchev–Trinajstić information content (AvgIpc) is 3.02. The fourth-order valence-electron chi connectivity index (χ4n) is 2.91. The highest BCUT2D eigenvalue weighted by Gasteiger charge is 2.22. The predicted molar refractivity (Wildman–Crippen MR) is 74.3 cm³/mol. The predicted octanol–water partition coefficient (Wildman–Crippen LogP) is 2.50. The maximum Gasteiger partial charge on any atom is 0.0963 e. The van der Waals surface area contributed by atoms with E-state index in [2.05, 4.69) is 12.2 Å². The van der Waals surface area contributed by atoms with Gasteiger partial charge in [0.25, 0.3) is 0 Å². The van der Waals surface area contributed by atoms with Gasteiger partial charge in [0.05, 0.1) is 10.7 Å². The number of hydrogen-bond donors (Lipinski definition) is 1. The molecule has 0 radical (unpaired) electrons. The number of rotatable bonds is 3. The van der Waals surface area contributed by atoms with Crippen LogP contribution >= 0.6 is 11.3 Å². The molecule has 1 aromatic heterocycles. The fraction of sp³-hybridized carbons (Fsp3) is 0.786. The summed E-state index contributed by atoms with van der Waals surface area (Å²) in [4.78, 5) is 6.34. The minimum atomic E-state index is 0.651. The third-order valence-corrected chi connectivity index (χ3v) is 5.46.